The Morgan fingerprint density at radius 2 is 1.89 bits per heavy atom. The van der Waals surface area contributed by atoms with Gasteiger partial charge in [0, 0.05) is 44.4 Å². The number of rotatable bonds is 9. The summed E-state index contributed by atoms with van der Waals surface area (Å²) in [7, 11) is 1.36. The molecule has 2 fully saturated rings. The Kier molecular flexibility index (Phi) is 8.41. The number of imidazole rings is 1. The summed E-state index contributed by atoms with van der Waals surface area (Å²) in [5.41, 5.74) is 2.61. The number of nitrogens with zero attached hydrogens (tertiary/aromatic N) is 6. The van der Waals surface area contributed by atoms with E-state index in [0.717, 1.165) is 36.0 Å². The third-order valence-corrected chi connectivity index (χ3v) is 8.27. The van der Waals surface area contributed by atoms with E-state index in [-0.39, 0.29) is 41.6 Å². The summed E-state index contributed by atoms with van der Waals surface area (Å²) < 4.78 is 47.7. The Balaban J connectivity index is 1.16. The van der Waals surface area contributed by atoms with Gasteiger partial charge in [-0.1, -0.05) is 6.07 Å². The number of hydrogen-bond donors (Lipinski definition) is 0. The molecule has 12 heteroatoms. The zero-order valence-electron chi connectivity index (χ0n) is 24.5. The van der Waals surface area contributed by atoms with Gasteiger partial charge in [-0.15, -0.1) is 0 Å². The van der Waals surface area contributed by atoms with Gasteiger partial charge >= 0.3 is 5.97 Å². The first kappa shape index (κ1) is 29.5. The molecule has 2 atom stereocenters. The molecule has 2 saturated heterocycles. The number of methoxy groups -OCH3 is 1. The van der Waals surface area contributed by atoms with E-state index in [1.807, 2.05) is 23.1 Å². The molecule has 0 bridgehead atoms. The van der Waals surface area contributed by atoms with E-state index < -0.39 is 17.6 Å². The number of carbonyl (C=O) groups is 1. The molecule has 0 spiro atoms. The van der Waals surface area contributed by atoms with Crippen molar-refractivity contribution in [2.45, 2.75) is 38.6 Å². The predicted octanol–water partition coefficient (Wildman–Crippen LogP) is 4.62. The number of nitriles is 1. The monoisotopic (exact) mass is 602 g/mol. The minimum absolute atomic E-state index is 0.0546. The maximum atomic E-state index is 14.9. The second-order valence-electron chi connectivity index (χ2n) is 10.9. The molecule has 2 aromatic carbocycles. The highest BCUT2D eigenvalue weighted by atomic mass is 19.1. The van der Waals surface area contributed by atoms with Crippen LogP contribution in [0, 0.1) is 23.0 Å². The molecule has 10 nitrogen and oxygen atoms in total. The Hall–Kier alpha value is -4.60. The zero-order chi connectivity index (χ0) is 30.8. The number of esters is 1. The summed E-state index contributed by atoms with van der Waals surface area (Å²) in [6.07, 6.45) is 1.06. The Morgan fingerprint density at radius 3 is 2.57 bits per heavy atom. The Labute approximate surface area is 253 Å². The van der Waals surface area contributed by atoms with Gasteiger partial charge in [0.25, 0.3) is 0 Å². The van der Waals surface area contributed by atoms with E-state index in [1.165, 1.54) is 31.4 Å². The quantitative estimate of drug-likeness (QED) is 0.254. The van der Waals surface area contributed by atoms with Gasteiger partial charge in [0.05, 0.1) is 54.0 Å². The maximum absolute atomic E-state index is 14.9. The van der Waals surface area contributed by atoms with Gasteiger partial charge in [0.1, 0.15) is 18.2 Å². The lowest BCUT2D eigenvalue weighted by Gasteiger charge is -2.38. The first-order chi connectivity index (χ1) is 21.3. The molecule has 0 unspecified atom stereocenters. The van der Waals surface area contributed by atoms with Crippen molar-refractivity contribution < 1.29 is 27.8 Å². The highest BCUT2D eigenvalue weighted by Crippen LogP contribution is 2.30. The Morgan fingerprint density at radius 1 is 1.09 bits per heavy atom. The second kappa shape index (κ2) is 12.6. The Bertz CT molecular complexity index is 1730. The number of piperazine rings is 1. The van der Waals surface area contributed by atoms with Crippen LogP contribution in [-0.2, 0) is 22.6 Å². The number of carbonyl (C=O) groups excluding carboxylic acids is 1. The van der Waals surface area contributed by atoms with Crippen molar-refractivity contribution in [3.8, 4) is 11.9 Å². The van der Waals surface area contributed by atoms with E-state index in [9.17, 15) is 13.6 Å². The molecule has 0 aliphatic carbocycles. The van der Waals surface area contributed by atoms with E-state index in [0.29, 0.717) is 38.3 Å². The van der Waals surface area contributed by atoms with E-state index in [2.05, 4.69) is 21.4 Å². The van der Waals surface area contributed by atoms with Crippen LogP contribution in [0.15, 0.2) is 48.5 Å². The normalized spacial score (nSPS) is 17.6. The fourth-order valence-electron chi connectivity index (χ4n) is 5.62. The molecule has 4 aromatic rings. The van der Waals surface area contributed by atoms with Crippen molar-refractivity contribution in [2.24, 2.45) is 0 Å². The molecule has 0 N–H and O–H groups in total. The number of ether oxygens (including phenoxy) is 3. The summed E-state index contributed by atoms with van der Waals surface area (Å²) >= 11 is 0. The second-order valence-corrected chi connectivity index (χ2v) is 10.9. The molecule has 6 rings (SSSR count). The molecule has 0 amide bonds. The lowest BCUT2D eigenvalue weighted by molar-refractivity contribution is -0.0594. The summed E-state index contributed by atoms with van der Waals surface area (Å²) in [6.45, 7) is 5.71. The molecular formula is C32H32F2N6O4. The van der Waals surface area contributed by atoms with Crippen LogP contribution in [0.5, 0.6) is 5.88 Å². The fraction of sp³-hybridized carbons (Fsp3) is 0.375. The highest BCUT2D eigenvalue weighted by molar-refractivity contribution is 5.93. The van der Waals surface area contributed by atoms with Gasteiger partial charge < -0.3 is 23.7 Å². The SMILES string of the molecule is COC(=O)c1ccc2nc([C@H](C)N3CCN(c4nc(OCc5ccc(C#N)cc5F)ccc4F)CC3)n(C[C@@H]3CCO3)c2c1. The number of benzene rings is 2. The highest BCUT2D eigenvalue weighted by Gasteiger charge is 2.30. The van der Waals surface area contributed by atoms with E-state index >= 15 is 0 Å². The molecule has 228 valence electrons. The topological polar surface area (TPSA) is 106 Å². The predicted molar refractivity (Wildman–Crippen MR) is 157 cm³/mol. The molecule has 2 aliphatic rings. The van der Waals surface area contributed by atoms with Crippen LogP contribution in [0.2, 0.25) is 0 Å². The van der Waals surface area contributed by atoms with Gasteiger partial charge in [-0.2, -0.15) is 10.2 Å². The van der Waals surface area contributed by atoms with Crippen molar-refractivity contribution in [1.82, 2.24) is 19.4 Å². The molecule has 4 heterocycles. The van der Waals surface area contributed by atoms with Gasteiger partial charge in [-0.05, 0) is 49.7 Å². The molecule has 0 radical (unpaired) electrons. The largest absolute Gasteiger partial charge is 0.473 e. The molecule has 44 heavy (non-hydrogen) atoms. The third kappa shape index (κ3) is 5.93. The molecule has 2 aromatic heterocycles. The number of anilines is 1. The van der Waals surface area contributed by atoms with E-state index in [1.54, 1.807) is 6.07 Å². The number of halogens is 2. The maximum Gasteiger partial charge on any atom is 0.337 e. The summed E-state index contributed by atoms with van der Waals surface area (Å²) in [5.74, 6) is -0.178. The van der Waals surface area contributed by atoms with Crippen molar-refractivity contribution in [3.05, 3.63) is 82.7 Å². The average Bonchev–Trinajstić information content (AvgIpc) is 3.39. The molecule has 0 saturated carbocycles. The van der Waals surface area contributed by atoms with Crippen LogP contribution in [0.3, 0.4) is 0 Å². The number of aromatic nitrogens is 3. The minimum atomic E-state index is -0.547. The van der Waals surface area contributed by atoms with Crippen LogP contribution in [0.4, 0.5) is 14.6 Å². The number of fused-ring (bicyclic) bond motifs is 1. The fourth-order valence-corrected chi connectivity index (χ4v) is 5.62. The van der Waals surface area contributed by atoms with Crippen molar-refractivity contribution in [3.63, 3.8) is 0 Å². The number of hydrogen-bond acceptors (Lipinski definition) is 9. The summed E-state index contributed by atoms with van der Waals surface area (Å²) in [6, 6.07) is 14.1. The van der Waals surface area contributed by atoms with Crippen molar-refractivity contribution >= 4 is 22.8 Å². The molecule has 2 aliphatic heterocycles. The standard InChI is InChI=1S/C32H32F2N6O4/c1-20(30-36-27-7-5-22(32(41)42-2)16-28(27)40(30)18-24-9-14-43-24)38-10-12-39(13-11-38)31-25(33)6-8-29(37-31)44-19-23-4-3-21(17-35)15-26(23)34/h3-8,15-16,20,24H,9-14,18-19H2,1-2H3/t20-,24-/m0/s1. The van der Waals surface area contributed by atoms with E-state index in [4.69, 9.17) is 24.5 Å². The van der Waals surface area contributed by atoms with Crippen LogP contribution in [0.25, 0.3) is 11.0 Å². The lowest BCUT2D eigenvalue weighted by atomic mass is 10.1. The zero-order valence-corrected chi connectivity index (χ0v) is 24.5. The first-order valence-corrected chi connectivity index (χ1v) is 14.5. The van der Waals surface area contributed by atoms with Gasteiger partial charge in [-0.3, -0.25) is 4.90 Å². The smallest absolute Gasteiger partial charge is 0.337 e. The summed E-state index contributed by atoms with van der Waals surface area (Å²) in [4.78, 5) is 25.7. The van der Waals surface area contributed by atoms with Gasteiger partial charge in [0.2, 0.25) is 5.88 Å². The van der Waals surface area contributed by atoms with Crippen molar-refractivity contribution in [1.29, 1.82) is 5.26 Å². The minimum Gasteiger partial charge on any atom is -0.473 e. The third-order valence-electron chi connectivity index (χ3n) is 8.27. The van der Waals surface area contributed by atoms with Crippen LogP contribution in [-0.4, -0.2) is 71.4 Å². The number of pyridine rings is 1. The van der Waals surface area contributed by atoms with Gasteiger partial charge in [-0.25, -0.2) is 18.6 Å². The summed E-state index contributed by atoms with van der Waals surface area (Å²) in [5, 5.41) is 8.94. The first-order valence-electron chi connectivity index (χ1n) is 14.5. The average molecular weight is 603 g/mol. The van der Waals surface area contributed by atoms with Crippen molar-refractivity contribution in [2.75, 3.05) is 44.8 Å². The van der Waals surface area contributed by atoms with Crippen LogP contribution in [0.1, 0.15) is 46.7 Å². The van der Waals surface area contributed by atoms with Crippen LogP contribution >= 0.6 is 0 Å². The van der Waals surface area contributed by atoms with Gasteiger partial charge in [0.15, 0.2) is 11.6 Å². The van der Waals surface area contributed by atoms with Crippen LogP contribution < -0.4 is 9.64 Å². The lowest BCUT2D eigenvalue weighted by Crippen LogP contribution is -2.48. The molecular weight excluding hydrogens is 570 g/mol.